The zero-order valence-corrected chi connectivity index (χ0v) is 11.8. The Kier molecular flexibility index (Phi) is 4.29. The lowest BCUT2D eigenvalue weighted by Crippen LogP contribution is -2.30. The van der Waals surface area contributed by atoms with Gasteiger partial charge in [0.05, 0.1) is 0 Å². The zero-order chi connectivity index (χ0) is 13.6. The van der Waals surface area contributed by atoms with Gasteiger partial charge in [-0.3, -0.25) is 4.90 Å². The van der Waals surface area contributed by atoms with Gasteiger partial charge in [0.1, 0.15) is 0 Å². The van der Waals surface area contributed by atoms with E-state index in [9.17, 15) is 0 Å². The van der Waals surface area contributed by atoms with Gasteiger partial charge >= 0.3 is 0 Å². The lowest BCUT2D eigenvalue weighted by molar-refractivity contribution is 0.259. The van der Waals surface area contributed by atoms with Gasteiger partial charge in [-0.15, -0.1) is 0 Å². The van der Waals surface area contributed by atoms with Crippen LogP contribution in [-0.2, 0) is 6.54 Å². The summed E-state index contributed by atoms with van der Waals surface area (Å²) >= 11 is 0. The number of benzene rings is 2. The monoisotopic (exact) mass is 263 g/mol. The van der Waals surface area contributed by atoms with Gasteiger partial charge in [0, 0.05) is 13.1 Å². The molecular formula is C19H21N. The van der Waals surface area contributed by atoms with Crippen LogP contribution >= 0.6 is 0 Å². The van der Waals surface area contributed by atoms with Gasteiger partial charge in [-0.1, -0.05) is 72.3 Å². The quantitative estimate of drug-likeness (QED) is 0.795. The van der Waals surface area contributed by atoms with Crippen LogP contribution in [0.1, 0.15) is 24.0 Å². The van der Waals surface area contributed by atoms with Gasteiger partial charge in [0.25, 0.3) is 0 Å². The Morgan fingerprint density at radius 3 is 2.35 bits per heavy atom. The summed E-state index contributed by atoms with van der Waals surface area (Å²) in [5, 5.41) is 0. The molecular weight excluding hydrogens is 242 g/mol. The van der Waals surface area contributed by atoms with Crippen LogP contribution in [0.5, 0.6) is 0 Å². The standard InChI is InChI=1S/C19H21N/c1-3-8-17(9-4-1)14-19-12-7-13-20(16-19)15-18-10-5-2-6-11-18/h1-6,8-11,14H,7,12-13,15-16H2. The molecule has 3 rings (SSSR count). The van der Waals surface area contributed by atoms with E-state index in [2.05, 4.69) is 71.6 Å². The van der Waals surface area contributed by atoms with Gasteiger partial charge < -0.3 is 0 Å². The molecule has 20 heavy (non-hydrogen) atoms. The predicted molar refractivity (Wildman–Crippen MR) is 85.4 cm³/mol. The summed E-state index contributed by atoms with van der Waals surface area (Å²) in [6, 6.07) is 21.4. The molecule has 0 spiro atoms. The first kappa shape index (κ1) is 13.1. The highest BCUT2D eigenvalue weighted by atomic mass is 15.1. The maximum atomic E-state index is 2.55. The summed E-state index contributed by atoms with van der Waals surface area (Å²) in [6.07, 6.45) is 4.86. The number of rotatable bonds is 3. The average molecular weight is 263 g/mol. The first-order chi connectivity index (χ1) is 9.90. The molecule has 1 heterocycles. The van der Waals surface area contributed by atoms with Gasteiger partial charge in [-0.25, -0.2) is 0 Å². The molecule has 0 saturated carbocycles. The average Bonchev–Trinajstić information content (AvgIpc) is 2.50. The van der Waals surface area contributed by atoms with E-state index in [1.54, 1.807) is 5.57 Å². The molecule has 2 aromatic carbocycles. The highest BCUT2D eigenvalue weighted by Crippen LogP contribution is 2.20. The van der Waals surface area contributed by atoms with Crippen molar-refractivity contribution in [1.29, 1.82) is 0 Å². The van der Waals surface area contributed by atoms with E-state index in [-0.39, 0.29) is 0 Å². The molecule has 2 aromatic rings. The van der Waals surface area contributed by atoms with E-state index in [4.69, 9.17) is 0 Å². The van der Waals surface area contributed by atoms with E-state index in [0.29, 0.717) is 0 Å². The van der Waals surface area contributed by atoms with Gasteiger partial charge in [-0.05, 0) is 30.5 Å². The van der Waals surface area contributed by atoms with Crippen molar-refractivity contribution in [3.8, 4) is 0 Å². The number of hydrogen-bond donors (Lipinski definition) is 0. The molecule has 0 aliphatic carbocycles. The summed E-state index contributed by atoms with van der Waals surface area (Å²) < 4.78 is 0. The van der Waals surface area contributed by atoms with Crippen LogP contribution in [0.3, 0.4) is 0 Å². The number of nitrogens with zero attached hydrogens (tertiary/aromatic N) is 1. The molecule has 1 heteroatoms. The van der Waals surface area contributed by atoms with E-state index in [1.165, 1.54) is 30.5 Å². The molecule has 1 nitrogen and oxygen atoms in total. The van der Waals surface area contributed by atoms with Crippen molar-refractivity contribution >= 4 is 6.08 Å². The third kappa shape index (κ3) is 3.58. The molecule has 0 bridgehead atoms. The maximum Gasteiger partial charge on any atom is 0.0237 e. The minimum Gasteiger partial charge on any atom is -0.295 e. The van der Waals surface area contributed by atoms with E-state index >= 15 is 0 Å². The maximum absolute atomic E-state index is 2.55. The smallest absolute Gasteiger partial charge is 0.0237 e. The molecule has 0 amide bonds. The molecule has 0 atom stereocenters. The molecule has 1 fully saturated rings. The van der Waals surface area contributed by atoms with Crippen molar-refractivity contribution in [2.24, 2.45) is 0 Å². The number of hydrogen-bond acceptors (Lipinski definition) is 1. The topological polar surface area (TPSA) is 3.24 Å². The van der Waals surface area contributed by atoms with Crippen LogP contribution in [0.15, 0.2) is 66.2 Å². The fraction of sp³-hybridized carbons (Fsp3) is 0.263. The van der Waals surface area contributed by atoms with Gasteiger partial charge in [0.15, 0.2) is 0 Å². The van der Waals surface area contributed by atoms with Crippen molar-refractivity contribution in [1.82, 2.24) is 4.90 Å². The largest absolute Gasteiger partial charge is 0.295 e. The summed E-state index contributed by atoms with van der Waals surface area (Å²) in [5.74, 6) is 0. The number of piperidine rings is 1. The Morgan fingerprint density at radius 2 is 1.60 bits per heavy atom. The lowest BCUT2D eigenvalue weighted by Gasteiger charge is -2.28. The molecule has 0 radical (unpaired) electrons. The minimum absolute atomic E-state index is 1.06. The third-order valence-corrected chi connectivity index (χ3v) is 3.82. The van der Waals surface area contributed by atoms with Crippen molar-refractivity contribution in [3.05, 3.63) is 77.4 Å². The Labute approximate surface area is 121 Å². The van der Waals surface area contributed by atoms with Gasteiger partial charge in [-0.2, -0.15) is 0 Å². The van der Waals surface area contributed by atoms with E-state index in [0.717, 1.165) is 13.1 Å². The number of likely N-dealkylation sites (tertiary alicyclic amines) is 1. The second-order valence-corrected chi connectivity index (χ2v) is 5.51. The van der Waals surface area contributed by atoms with Crippen LogP contribution in [0.25, 0.3) is 6.08 Å². The first-order valence-corrected chi connectivity index (χ1v) is 7.41. The van der Waals surface area contributed by atoms with Crippen LogP contribution in [0.2, 0.25) is 0 Å². The van der Waals surface area contributed by atoms with E-state index < -0.39 is 0 Å². The Hall–Kier alpha value is -1.86. The summed E-state index contributed by atoms with van der Waals surface area (Å²) in [5.41, 5.74) is 4.29. The summed E-state index contributed by atoms with van der Waals surface area (Å²) in [7, 11) is 0. The molecule has 1 saturated heterocycles. The summed E-state index contributed by atoms with van der Waals surface area (Å²) in [4.78, 5) is 2.55. The summed E-state index contributed by atoms with van der Waals surface area (Å²) in [6.45, 7) is 3.37. The highest BCUT2D eigenvalue weighted by molar-refractivity contribution is 5.53. The van der Waals surface area contributed by atoms with Crippen molar-refractivity contribution in [2.45, 2.75) is 19.4 Å². The Morgan fingerprint density at radius 1 is 0.900 bits per heavy atom. The van der Waals surface area contributed by atoms with Crippen LogP contribution in [0.4, 0.5) is 0 Å². The molecule has 102 valence electrons. The predicted octanol–water partition coefficient (Wildman–Crippen LogP) is 4.37. The third-order valence-electron chi connectivity index (χ3n) is 3.82. The molecule has 0 aromatic heterocycles. The fourth-order valence-electron chi connectivity index (χ4n) is 2.85. The highest BCUT2D eigenvalue weighted by Gasteiger charge is 2.14. The van der Waals surface area contributed by atoms with Crippen molar-refractivity contribution < 1.29 is 0 Å². The second kappa shape index (κ2) is 6.53. The first-order valence-electron chi connectivity index (χ1n) is 7.41. The van der Waals surface area contributed by atoms with Crippen molar-refractivity contribution in [3.63, 3.8) is 0 Å². The molecule has 1 aliphatic rings. The fourth-order valence-corrected chi connectivity index (χ4v) is 2.85. The zero-order valence-electron chi connectivity index (χ0n) is 11.8. The van der Waals surface area contributed by atoms with Gasteiger partial charge in [0.2, 0.25) is 0 Å². The normalized spacial score (nSPS) is 18.3. The second-order valence-electron chi connectivity index (χ2n) is 5.51. The SMILES string of the molecule is C(=C1CCCN(Cc2ccccc2)C1)c1ccccc1. The molecule has 1 aliphatic heterocycles. The lowest BCUT2D eigenvalue weighted by atomic mass is 10.0. The van der Waals surface area contributed by atoms with Crippen LogP contribution in [0, 0.1) is 0 Å². The Balaban J connectivity index is 1.66. The van der Waals surface area contributed by atoms with Crippen molar-refractivity contribution in [2.75, 3.05) is 13.1 Å². The van der Waals surface area contributed by atoms with E-state index in [1.807, 2.05) is 0 Å². The molecule has 0 unspecified atom stereocenters. The minimum atomic E-state index is 1.06. The van der Waals surface area contributed by atoms with Crippen LogP contribution < -0.4 is 0 Å². The van der Waals surface area contributed by atoms with Crippen LogP contribution in [-0.4, -0.2) is 18.0 Å². The molecule has 0 N–H and O–H groups in total. The Bertz CT molecular complexity index is 557.